The van der Waals surface area contributed by atoms with Crippen molar-refractivity contribution in [3.63, 3.8) is 0 Å². The third kappa shape index (κ3) is 7.39. The Morgan fingerprint density at radius 2 is 2.27 bits per heavy atom. The maximum Gasteiger partial charge on any atom is 0.206 e. The van der Waals surface area contributed by atoms with Gasteiger partial charge in [0, 0.05) is 41.3 Å². The Kier molecular flexibility index (Phi) is 12.2. The van der Waals surface area contributed by atoms with E-state index in [0.29, 0.717) is 5.70 Å². The van der Waals surface area contributed by atoms with Crippen molar-refractivity contribution in [2.24, 2.45) is 5.84 Å². The molecule has 1 aliphatic heterocycles. The molecule has 22 heavy (non-hydrogen) atoms. The van der Waals surface area contributed by atoms with Gasteiger partial charge in [0.25, 0.3) is 0 Å². The van der Waals surface area contributed by atoms with Crippen LogP contribution in [0.3, 0.4) is 0 Å². The second kappa shape index (κ2) is 12.3. The van der Waals surface area contributed by atoms with Crippen LogP contribution in [0.25, 0.3) is 0 Å². The summed E-state index contributed by atoms with van der Waals surface area (Å²) in [6.45, 7) is 10.3. The monoisotopic (exact) mass is 447 g/mol. The molecule has 1 aromatic carbocycles. The number of aryl methyl sites for hydroxylation is 1. The number of hydrogen-bond donors (Lipinski definition) is 1. The second-order valence-electron chi connectivity index (χ2n) is 4.88. The molecule has 5 heteroatoms. The number of allylic oxidation sites excluding steroid dienone is 1. The fourth-order valence-electron chi connectivity index (χ4n) is 1.96. The standard InChI is InChI=1S/C13H16N2O.C4H10S.Pr/c1-10(2)15(14)9-12-6-3-5-11-7-4-8-16-13(11)12;1-3-4-5-2;/h3,5-6,9H,1-2,4,7-8,14H2;3-4H2,1-2H3;/b15-9-;;. The van der Waals surface area contributed by atoms with Crippen molar-refractivity contribution < 1.29 is 50.7 Å². The topological polar surface area (TPSA) is 38.3 Å². The molecule has 1 heterocycles. The molecule has 0 saturated carbocycles. The molecular weight excluding hydrogens is 421 g/mol. The van der Waals surface area contributed by atoms with Gasteiger partial charge < -0.3 is 4.74 Å². The van der Waals surface area contributed by atoms with Crippen LogP contribution in [0.15, 0.2) is 30.5 Å². The van der Waals surface area contributed by atoms with Crippen molar-refractivity contribution in [2.75, 3.05) is 18.6 Å². The molecule has 1 aromatic rings. The smallest absolute Gasteiger partial charge is 0.206 e. The van der Waals surface area contributed by atoms with Gasteiger partial charge in [0.2, 0.25) is 6.21 Å². The summed E-state index contributed by atoms with van der Waals surface area (Å²) in [5.41, 5.74) is 2.76. The fourth-order valence-corrected chi connectivity index (χ4v) is 2.37. The van der Waals surface area contributed by atoms with E-state index in [0.717, 1.165) is 30.8 Å². The van der Waals surface area contributed by atoms with Gasteiger partial charge in [0.15, 0.2) is 0 Å². The number of fused-ring (bicyclic) bond motifs is 1. The van der Waals surface area contributed by atoms with E-state index in [4.69, 9.17) is 10.6 Å². The van der Waals surface area contributed by atoms with Gasteiger partial charge in [0.1, 0.15) is 5.75 Å². The van der Waals surface area contributed by atoms with Crippen LogP contribution < -0.4 is 10.6 Å². The number of hydrazone groups is 1. The Morgan fingerprint density at radius 3 is 2.82 bits per heavy atom. The summed E-state index contributed by atoms with van der Waals surface area (Å²) in [7, 11) is 0. The summed E-state index contributed by atoms with van der Waals surface area (Å²) in [4.78, 5) is 0. The van der Waals surface area contributed by atoms with Crippen LogP contribution in [0.4, 0.5) is 0 Å². The number of rotatable bonds is 4. The largest absolute Gasteiger partial charge is 0.492 e. The quantitative estimate of drug-likeness (QED) is 0.253. The van der Waals surface area contributed by atoms with Gasteiger partial charge >= 0.3 is 0 Å². The molecule has 0 aliphatic carbocycles. The number of para-hydroxylation sites is 1. The van der Waals surface area contributed by atoms with Crippen molar-refractivity contribution in [3.05, 3.63) is 48.5 Å². The summed E-state index contributed by atoms with van der Waals surface area (Å²) in [6.07, 6.45) is 7.36. The number of thioether (sulfide) groups is 1. The van der Waals surface area contributed by atoms with Gasteiger partial charge in [-0.3, -0.25) is 0 Å². The summed E-state index contributed by atoms with van der Waals surface area (Å²) < 4.78 is 7.08. The number of hydrazine groups is 1. The zero-order chi connectivity index (χ0) is 15.7. The predicted octanol–water partition coefficient (Wildman–Crippen LogP) is 3.42. The first kappa shape index (κ1) is 21.8. The maximum atomic E-state index is 5.74. The molecule has 3 nitrogen and oxygen atoms in total. The number of hydrogen-bond acceptors (Lipinski definition) is 3. The fraction of sp³-hybridized carbons (Fsp3) is 0.412. The van der Waals surface area contributed by atoms with E-state index in [2.05, 4.69) is 32.7 Å². The molecule has 0 amide bonds. The van der Waals surface area contributed by atoms with Crippen LogP contribution in [0.5, 0.6) is 5.75 Å². The number of benzene rings is 1. The molecular formula is C17H26N2OPrS. The SMILES string of the molecule is C=C([CH2-])/[N+](N)=C/c1cccc2c1OCCC2.CCCSC.[Pr]. The van der Waals surface area contributed by atoms with Crippen molar-refractivity contribution in [2.45, 2.75) is 26.2 Å². The number of ether oxygens (including phenoxy) is 1. The van der Waals surface area contributed by atoms with Gasteiger partial charge in [-0.05, 0) is 42.9 Å². The molecule has 1 aliphatic rings. The predicted molar refractivity (Wildman–Crippen MR) is 93.0 cm³/mol. The molecule has 0 bridgehead atoms. The van der Waals surface area contributed by atoms with Crippen molar-refractivity contribution >= 4 is 18.0 Å². The average molecular weight is 447 g/mol. The third-order valence-corrected chi connectivity index (χ3v) is 3.83. The Labute approximate surface area is 172 Å². The Balaban J connectivity index is 0.000000644. The Hall–Kier alpha value is -0.186. The minimum absolute atomic E-state index is 0. The van der Waals surface area contributed by atoms with Crippen molar-refractivity contribution in [3.8, 4) is 5.75 Å². The normalized spacial score (nSPS) is 12.9. The molecule has 119 valence electrons. The van der Waals surface area contributed by atoms with Crippen LogP contribution in [-0.2, 0) is 6.42 Å². The van der Waals surface area contributed by atoms with Gasteiger partial charge in [0.05, 0.1) is 17.9 Å². The molecule has 0 spiro atoms. The molecule has 2 N–H and O–H groups in total. The average Bonchev–Trinajstić information content (AvgIpc) is 2.49. The van der Waals surface area contributed by atoms with E-state index in [1.165, 1.54) is 22.4 Å². The summed E-state index contributed by atoms with van der Waals surface area (Å²) >= 11 is 1.90. The first-order valence-electron chi connectivity index (χ1n) is 7.23. The molecule has 0 aromatic heterocycles. The van der Waals surface area contributed by atoms with E-state index in [-0.39, 0.29) is 41.3 Å². The van der Waals surface area contributed by atoms with E-state index in [1.807, 2.05) is 23.9 Å². The first-order valence-corrected chi connectivity index (χ1v) is 8.62. The zero-order valence-electron chi connectivity index (χ0n) is 13.7. The van der Waals surface area contributed by atoms with Crippen molar-refractivity contribution in [1.29, 1.82) is 0 Å². The number of nitrogens with zero attached hydrogens (tertiary/aromatic N) is 1. The molecule has 0 atom stereocenters. The maximum absolute atomic E-state index is 5.74. The minimum Gasteiger partial charge on any atom is -0.492 e. The van der Waals surface area contributed by atoms with Crippen LogP contribution in [0.1, 0.15) is 30.9 Å². The van der Waals surface area contributed by atoms with Gasteiger partial charge in [-0.15, -0.1) is 4.68 Å². The molecule has 1 radical (unpaired) electrons. The summed E-state index contributed by atoms with van der Waals surface area (Å²) in [5, 5.41) is 0. The molecule has 0 unspecified atom stereocenters. The minimum atomic E-state index is 0. The van der Waals surface area contributed by atoms with Crippen LogP contribution in [0.2, 0.25) is 0 Å². The second-order valence-corrected chi connectivity index (χ2v) is 5.87. The van der Waals surface area contributed by atoms with E-state index in [9.17, 15) is 0 Å². The third-order valence-electron chi connectivity index (χ3n) is 3.02. The Bertz CT molecular complexity index is 501. The van der Waals surface area contributed by atoms with Crippen LogP contribution in [0, 0.1) is 48.2 Å². The van der Waals surface area contributed by atoms with E-state index in [1.54, 1.807) is 6.21 Å². The van der Waals surface area contributed by atoms with Gasteiger partial charge in [-0.25, -0.2) is 5.84 Å². The number of nitrogens with two attached hydrogens (primary N) is 1. The molecule has 2 rings (SSSR count). The summed E-state index contributed by atoms with van der Waals surface area (Å²) in [6, 6.07) is 6.08. The van der Waals surface area contributed by atoms with Crippen LogP contribution in [-0.4, -0.2) is 29.5 Å². The first-order chi connectivity index (χ1) is 10.1. The van der Waals surface area contributed by atoms with Crippen LogP contribution >= 0.6 is 11.8 Å². The van der Waals surface area contributed by atoms with E-state index < -0.39 is 0 Å². The summed E-state index contributed by atoms with van der Waals surface area (Å²) in [5.74, 6) is 7.98. The van der Waals surface area contributed by atoms with E-state index >= 15 is 0 Å². The Morgan fingerprint density at radius 1 is 1.55 bits per heavy atom. The molecule has 0 saturated heterocycles. The molecule has 0 fully saturated rings. The van der Waals surface area contributed by atoms with Gasteiger partial charge in [-0.1, -0.05) is 19.1 Å². The zero-order valence-corrected chi connectivity index (χ0v) is 18.2. The van der Waals surface area contributed by atoms with Crippen molar-refractivity contribution in [1.82, 2.24) is 0 Å². The van der Waals surface area contributed by atoms with Gasteiger partial charge in [-0.2, -0.15) is 25.3 Å².